The van der Waals surface area contributed by atoms with E-state index in [0.29, 0.717) is 17.8 Å². The number of rotatable bonds is 6. The fourth-order valence-electron chi connectivity index (χ4n) is 1.85. The van der Waals surface area contributed by atoms with Crippen LogP contribution >= 0.6 is 0 Å². The standard InChI is InChI=1S/C14H17F2N3O2/c1-3-10(17)4-9-5-11(15)14(12(16)6-9)20-7-13-18-8(2)19-21-13/h5-6,10H,3-4,7,17H2,1-2H3. The summed E-state index contributed by atoms with van der Waals surface area (Å²) in [4.78, 5) is 3.89. The first-order chi connectivity index (χ1) is 9.99. The summed E-state index contributed by atoms with van der Waals surface area (Å²) in [5, 5.41) is 3.56. The average Bonchev–Trinajstić information content (AvgIpc) is 2.83. The highest BCUT2D eigenvalue weighted by Gasteiger charge is 2.15. The Bertz CT molecular complexity index is 593. The average molecular weight is 297 g/mol. The highest BCUT2D eigenvalue weighted by atomic mass is 19.1. The Hall–Kier alpha value is -2.02. The zero-order valence-electron chi connectivity index (χ0n) is 11.9. The summed E-state index contributed by atoms with van der Waals surface area (Å²) in [6.07, 6.45) is 1.14. The maximum absolute atomic E-state index is 13.9. The zero-order chi connectivity index (χ0) is 15.4. The molecule has 1 aromatic heterocycles. The smallest absolute Gasteiger partial charge is 0.264 e. The molecular weight excluding hydrogens is 280 g/mol. The summed E-state index contributed by atoms with van der Waals surface area (Å²) in [5.74, 6) is -1.42. The molecule has 0 aliphatic rings. The molecule has 2 N–H and O–H groups in total. The van der Waals surface area contributed by atoms with E-state index in [4.69, 9.17) is 15.0 Å². The highest BCUT2D eigenvalue weighted by molar-refractivity contribution is 5.31. The van der Waals surface area contributed by atoms with Gasteiger partial charge in [-0.3, -0.25) is 0 Å². The van der Waals surface area contributed by atoms with E-state index in [-0.39, 0.29) is 18.5 Å². The third-order valence-corrected chi connectivity index (χ3v) is 2.99. The van der Waals surface area contributed by atoms with Crippen molar-refractivity contribution in [3.05, 3.63) is 41.0 Å². The molecule has 1 unspecified atom stereocenters. The van der Waals surface area contributed by atoms with Crippen molar-refractivity contribution in [3.8, 4) is 5.75 Å². The van der Waals surface area contributed by atoms with E-state index < -0.39 is 17.4 Å². The number of hydrogen-bond donors (Lipinski definition) is 1. The Morgan fingerprint density at radius 1 is 1.33 bits per heavy atom. The monoisotopic (exact) mass is 297 g/mol. The molecule has 5 nitrogen and oxygen atoms in total. The first-order valence-electron chi connectivity index (χ1n) is 6.65. The fourth-order valence-corrected chi connectivity index (χ4v) is 1.85. The molecule has 0 radical (unpaired) electrons. The van der Waals surface area contributed by atoms with E-state index in [2.05, 4.69) is 10.1 Å². The molecule has 7 heteroatoms. The normalized spacial score (nSPS) is 12.4. The molecule has 0 bridgehead atoms. The number of ether oxygens (including phenoxy) is 1. The van der Waals surface area contributed by atoms with Crippen molar-refractivity contribution >= 4 is 0 Å². The van der Waals surface area contributed by atoms with Gasteiger partial charge < -0.3 is 15.0 Å². The minimum Gasteiger partial charge on any atom is -0.478 e. The predicted molar refractivity (Wildman–Crippen MR) is 71.7 cm³/mol. The van der Waals surface area contributed by atoms with Crippen molar-refractivity contribution in [2.24, 2.45) is 5.73 Å². The van der Waals surface area contributed by atoms with Gasteiger partial charge in [0.15, 0.2) is 29.8 Å². The molecular formula is C14H17F2N3O2. The van der Waals surface area contributed by atoms with E-state index in [0.717, 1.165) is 6.42 Å². The van der Waals surface area contributed by atoms with Crippen LogP contribution in [0.4, 0.5) is 8.78 Å². The number of aromatic nitrogens is 2. The zero-order valence-corrected chi connectivity index (χ0v) is 11.9. The lowest BCUT2D eigenvalue weighted by atomic mass is 10.0. The fraction of sp³-hybridized carbons (Fsp3) is 0.429. The van der Waals surface area contributed by atoms with Crippen molar-refractivity contribution in [2.45, 2.75) is 39.3 Å². The quantitative estimate of drug-likeness (QED) is 0.886. The van der Waals surface area contributed by atoms with Crippen LogP contribution in [0, 0.1) is 18.6 Å². The molecule has 2 aromatic rings. The maximum Gasteiger partial charge on any atom is 0.264 e. The highest BCUT2D eigenvalue weighted by Crippen LogP contribution is 2.25. The largest absolute Gasteiger partial charge is 0.478 e. The molecule has 2 rings (SSSR count). The summed E-state index contributed by atoms with van der Waals surface area (Å²) in [7, 11) is 0. The van der Waals surface area contributed by atoms with Crippen molar-refractivity contribution in [2.75, 3.05) is 0 Å². The van der Waals surface area contributed by atoms with E-state index in [1.54, 1.807) is 6.92 Å². The van der Waals surface area contributed by atoms with Crippen LogP contribution in [0.5, 0.6) is 5.75 Å². The molecule has 0 saturated heterocycles. The van der Waals surface area contributed by atoms with E-state index >= 15 is 0 Å². The number of aryl methyl sites for hydroxylation is 1. The third-order valence-electron chi connectivity index (χ3n) is 2.99. The van der Waals surface area contributed by atoms with Crippen molar-refractivity contribution in [1.82, 2.24) is 10.1 Å². The molecule has 114 valence electrons. The Morgan fingerprint density at radius 3 is 2.52 bits per heavy atom. The number of nitrogens with zero attached hydrogens (tertiary/aromatic N) is 2. The van der Waals surface area contributed by atoms with Gasteiger partial charge in [0.1, 0.15) is 0 Å². The lowest BCUT2D eigenvalue weighted by Crippen LogP contribution is -2.21. The minimum absolute atomic E-state index is 0.128. The molecule has 0 saturated carbocycles. The number of halogens is 2. The van der Waals surface area contributed by atoms with Gasteiger partial charge in [0.05, 0.1) is 0 Å². The van der Waals surface area contributed by atoms with Crippen LogP contribution in [0.3, 0.4) is 0 Å². The lowest BCUT2D eigenvalue weighted by Gasteiger charge is -2.11. The van der Waals surface area contributed by atoms with Gasteiger partial charge in [0.25, 0.3) is 5.89 Å². The van der Waals surface area contributed by atoms with Crippen LogP contribution in [0.2, 0.25) is 0 Å². The first kappa shape index (κ1) is 15.4. The molecule has 0 spiro atoms. The van der Waals surface area contributed by atoms with Gasteiger partial charge in [-0.05, 0) is 37.5 Å². The maximum atomic E-state index is 13.9. The third kappa shape index (κ3) is 3.98. The van der Waals surface area contributed by atoms with Crippen molar-refractivity contribution in [1.29, 1.82) is 0 Å². The Morgan fingerprint density at radius 2 is 2.00 bits per heavy atom. The lowest BCUT2D eigenvalue weighted by molar-refractivity contribution is 0.224. The van der Waals surface area contributed by atoms with Gasteiger partial charge in [-0.25, -0.2) is 8.78 Å². The topological polar surface area (TPSA) is 74.2 Å². The second kappa shape index (κ2) is 6.62. The summed E-state index contributed by atoms with van der Waals surface area (Å²) in [6.45, 7) is 3.36. The van der Waals surface area contributed by atoms with E-state index in [1.807, 2.05) is 6.92 Å². The van der Waals surface area contributed by atoms with Gasteiger partial charge in [0, 0.05) is 6.04 Å². The molecule has 0 aliphatic heterocycles. The molecule has 21 heavy (non-hydrogen) atoms. The van der Waals surface area contributed by atoms with Crippen LogP contribution in [0.1, 0.15) is 30.6 Å². The van der Waals surface area contributed by atoms with E-state index in [9.17, 15) is 8.78 Å². The van der Waals surface area contributed by atoms with Crippen LogP contribution in [0.25, 0.3) is 0 Å². The summed E-state index contributed by atoms with van der Waals surface area (Å²) in [6, 6.07) is 2.33. The van der Waals surface area contributed by atoms with Crippen LogP contribution < -0.4 is 10.5 Å². The molecule has 1 heterocycles. The molecule has 1 aromatic carbocycles. The van der Waals surface area contributed by atoms with Crippen LogP contribution in [0.15, 0.2) is 16.7 Å². The molecule has 1 atom stereocenters. The van der Waals surface area contributed by atoms with Crippen LogP contribution in [-0.2, 0) is 13.0 Å². The molecule has 0 amide bonds. The second-order valence-corrected chi connectivity index (χ2v) is 4.79. The predicted octanol–water partition coefficient (Wildman–Crippen LogP) is 2.52. The summed E-state index contributed by atoms with van der Waals surface area (Å²) >= 11 is 0. The van der Waals surface area contributed by atoms with Gasteiger partial charge in [0.2, 0.25) is 0 Å². The molecule has 0 aliphatic carbocycles. The Balaban J connectivity index is 2.09. The molecule has 0 fully saturated rings. The van der Waals surface area contributed by atoms with Gasteiger partial charge in [-0.1, -0.05) is 12.1 Å². The first-order valence-corrected chi connectivity index (χ1v) is 6.65. The van der Waals surface area contributed by atoms with Gasteiger partial charge in [-0.2, -0.15) is 4.98 Å². The number of benzene rings is 1. The van der Waals surface area contributed by atoms with Gasteiger partial charge >= 0.3 is 0 Å². The van der Waals surface area contributed by atoms with E-state index in [1.165, 1.54) is 12.1 Å². The SMILES string of the molecule is CCC(N)Cc1cc(F)c(OCc2nc(C)no2)c(F)c1. The summed E-state index contributed by atoms with van der Waals surface area (Å²) in [5.41, 5.74) is 6.28. The minimum atomic E-state index is -0.774. The van der Waals surface area contributed by atoms with Crippen molar-refractivity contribution in [3.63, 3.8) is 0 Å². The summed E-state index contributed by atoms with van der Waals surface area (Å²) < 4.78 is 37.7. The second-order valence-electron chi connectivity index (χ2n) is 4.79. The Labute approximate surface area is 121 Å². The Kier molecular flexibility index (Phi) is 4.85. The van der Waals surface area contributed by atoms with Crippen LogP contribution in [-0.4, -0.2) is 16.2 Å². The van der Waals surface area contributed by atoms with Gasteiger partial charge in [-0.15, -0.1) is 0 Å². The number of hydrogen-bond acceptors (Lipinski definition) is 5. The number of nitrogens with two attached hydrogens (primary N) is 1. The van der Waals surface area contributed by atoms with Crippen molar-refractivity contribution < 1.29 is 18.0 Å².